The van der Waals surface area contributed by atoms with E-state index in [2.05, 4.69) is 25.4 Å². The van der Waals surface area contributed by atoms with Gasteiger partial charge in [0.1, 0.15) is 6.04 Å². The van der Waals surface area contributed by atoms with Gasteiger partial charge in [-0.1, -0.05) is 17.3 Å². The van der Waals surface area contributed by atoms with Crippen molar-refractivity contribution >= 4 is 23.2 Å². The Hall–Kier alpha value is -4.87. The number of hydrogen-bond acceptors (Lipinski definition) is 8. The summed E-state index contributed by atoms with van der Waals surface area (Å²) >= 11 is 0. The molecular formula is C23H19N7O5. The van der Waals surface area contributed by atoms with E-state index in [0.717, 1.165) is 11.4 Å². The van der Waals surface area contributed by atoms with Crippen molar-refractivity contribution in [3.05, 3.63) is 87.8 Å². The summed E-state index contributed by atoms with van der Waals surface area (Å²) in [7, 11) is 0. The van der Waals surface area contributed by atoms with E-state index in [1.165, 1.54) is 25.1 Å². The van der Waals surface area contributed by atoms with Crippen LogP contribution in [0.3, 0.4) is 0 Å². The number of H-pyrrole nitrogens is 1. The number of carbonyl (C=O) groups excluding carboxylic acids is 2. The van der Waals surface area contributed by atoms with Crippen molar-refractivity contribution in [1.29, 1.82) is 0 Å². The van der Waals surface area contributed by atoms with E-state index in [-0.39, 0.29) is 29.7 Å². The molecular weight excluding hydrogens is 454 g/mol. The van der Waals surface area contributed by atoms with Crippen molar-refractivity contribution < 1.29 is 19.0 Å². The van der Waals surface area contributed by atoms with Gasteiger partial charge in [0, 0.05) is 35.4 Å². The van der Waals surface area contributed by atoms with Crippen molar-refractivity contribution in [2.45, 2.75) is 25.9 Å². The molecule has 1 aliphatic heterocycles. The zero-order valence-corrected chi connectivity index (χ0v) is 18.5. The van der Waals surface area contributed by atoms with Crippen LogP contribution < -0.4 is 5.32 Å². The van der Waals surface area contributed by atoms with E-state index in [1.807, 2.05) is 0 Å². The van der Waals surface area contributed by atoms with E-state index in [0.29, 0.717) is 23.2 Å². The second kappa shape index (κ2) is 8.82. The summed E-state index contributed by atoms with van der Waals surface area (Å²) in [6.45, 7) is 1.70. The number of nitro benzene ring substituents is 1. The Balaban J connectivity index is 1.42. The number of nitrogens with zero attached hydrogens (tertiary/aromatic N) is 5. The van der Waals surface area contributed by atoms with Gasteiger partial charge in [0.05, 0.1) is 29.2 Å². The Bertz CT molecular complexity index is 1430. The number of carbonyl (C=O) groups is 2. The molecule has 35 heavy (non-hydrogen) atoms. The molecule has 0 unspecified atom stereocenters. The molecule has 0 aliphatic carbocycles. The standard InChI is InChI=1S/C23H19N7O5/c1-13(31)14-5-7-16(8-6-14)26-23(32)29-11-19-18(24-12-25-19)10-20(29)22-27-21(28-35-22)15-3-2-4-17(9-15)30(33)34/h2-9,12,20H,10-11H2,1H3,(H,24,25)(H,26,32)/t20-/m0/s1. The Morgan fingerprint density at radius 2 is 2.03 bits per heavy atom. The highest BCUT2D eigenvalue weighted by Gasteiger charge is 2.36. The first-order chi connectivity index (χ1) is 16.9. The lowest BCUT2D eigenvalue weighted by Crippen LogP contribution is -2.41. The Morgan fingerprint density at radius 1 is 1.23 bits per heavy atom. The highest BCUT2D eigenvalue weighted by Crippen LogP contribution is 2.33. The highest BCUT2D eigenvalue weighted by atomic mass is 16.6. The predicted octanol–water partition coefficient (Wildman–Crippen LogP) is 3.90. The number of anilines is 1. The van der Waals surface area contributed by atoms with Gasteiger partial charge in [-0.3, -0.25) is 14.9 Å². The maximum absolute atomic E-state index is 13.2. The molecule has 2 amide bonds. The molecule has 0 spiro atoms. The number of amides is 2. The fourth-order valence-electron chi connectivity index (χ4n) is 3.90. The molecule has 5 rings (SSSR count). The minimum atomic E-state index is -0.609. The molecule has 176 valence electrons. The molecule has 2 N–H and O–H groups in total. The van der Waals surface area contributed by atoms with Crippen LogP contribution in [0.2, 0.25) is 0 Å². The number of benzene rings is 2. The van der Waals surface area contributed by atoms with E-state index >= 15 is 0 Å². The summed E-state index contributed by atoms with van der Waals surface area (Å²) in [5.74, 6) is 0.292. The second-order valence-electron chi connectivity index (χ2n) is 8.00. The Labute approximate surface area is 198 Å². The molecule has 12 nitrogen and oxygen atoms in total. The number of fused-ring (bicyclic) bond motifs is 1. The van der Waals surface area contributed by atoms with Gasteiger partial charge in [-0.15, -0.1) is 0 Å². The molecule has 0 fully saturated rings. The third kappa shape index (κ3) is 4.36. The monoisotopic (exact) mass is 473 g/mol. The van der Waals surface area contributed by atoms with E-state index in [9.17, 15) is 19.7 Å². The largest absolute Gasteiger partial charge is 0.347 e. The molecule has 3 heterocycles. The summed E-state index contributed by atoms with van der Waals surface area (Å²) in [6, 6.07) is 11.5. The fraction of sp³-hybridized carbons (Fsp3) is 0.174. The SMILES string of the molecule is CC(=O)c1ccc(NC(=O)N2Cc3[nH]cnc3C[C@H]2c2nc(-c3cccc([N+](=O)[O-])c3)no2)cc1. The zero-order chi connectivity index (χ0) is 24.5. The normalized spacial score (nSPS) is 14.9. The van der Waals surface area contributed by atoms with Crippen LogP contribution >= 0.6 is 0 Å². The summed E-state index contributed by atoms with van der Waals surface area (Å²) < 4.78 is 5.50. The van der Waals surface area contributed by atoms with E-state index in [4.69, 9.17) is 4.52 Å². The van der Waals surface area contributed by atoms with Crippen molar-refractivity contribution in [2.75, 3.05) is 5.32 Å². The van der Waals surface area contributed by atoms with E-state index in [1.54, 1.807) is 41.6 Å². The quantitative estimate of drug-likeness (QED) is 0.251. The third-order valence-electron chi connectivity index (χ3n) is 5.74. The van der Waals surface area contributed by atoms with Crippen molar-refractivity contribution in [2.24, 2.45) is 0 Å². The van der Waals surface area contributed by atoms with Gasteiger partial charge < -0.3 is 19.7 Å². The summed E-state index contributed by atoms with van der Waals surface area (Å²) in [4.78, 5) is 48.7. The Morgan fingerprint density at radius 3 is 2.77 bits per heavy atom. The average Bonchev–Trinajstić information content (AvgIpc) is 3.53. The number of aromatic amines is 1. The van der Waals surface area contributed by atoms with Crippen LogP contribution in [0.25, 0.3) is 11.4 Å². The predicted molar refractivity (Wildman–Crippen MR) is 122 cm³/mol. The minimum absolute atomic E-state index is 0.0679. The van der Waals surface area contributed by atoms with Crippen LogP contribution in [0.1, 0.15) is 40.6 Å². The van der Waals surface area contributed by atoms with Crippen LogP contribution in [0.5, 0.6) is 0 Å². The molecule has 1 atom stereocenters. The number of rotatable bonds is 5. The number of ketones is 1. The van der Waals surface area contributed by atoms with Gasteiger partial charge in [0.2, 0.25) is 11.7 Å². The number of urea groups is 1. The molecule has 0 saturated carbocycles. The van der Waals surface area contributed by atoms with Crippen LogP contribution in [0.15, 0.2) is 59.4 Å². The number of imidazole rings is 1. The smallest absolute Gasteiger partial charge is 0.322 e. The second-order valence-corrected chi connectivity index (χ2v) is 8.00. The molecule has 12 heteroatoms. The molecule has 0 saturated heterocycles. The average molecular weight is 473 g/mol. The summed E-state index contributed by atoms with van der Waals surface area (Å²) in [5.41, 5.74) is 2.97. The maximum atomic E-state index is 13.2. The lowest BCUT2D eigenvalue weighted by Gasteiger charge is -2.32. The molecule has 4 aromatic rings. The van der Waals surface area contributed by atoms with Gasteiger partial charge in [-0.05, 0) is 31.2 Å². The molecule has 2 aromatic heterocycles. The number of Topliss-reactive ketones (excluding diaryl/α,β-unsaturated/α-hetero) is 1. The summed E-state index contributed by atoms with van der Waals surface area (Å²) in [5, 5.41) is 17.9. The first kappa shape index (κ1) is 21.9. The maximum Gasteiger partial charge on any atom is 0.322 e. The first-order valence-corrected chi connectivity index (χ1v) is 10.7. The lowest BCUT2D eigenvalue weighted by molar-refractivity contribution is -0.384. The van der Waals surface area contributed by atoms with Gasteiger partial charge >= 0.3 is 6.03 Å². The number of hydrogen-bond donors (Lipinski definition) is 2. The summed E-state index contributed by atoms with van der Waals surface area (Å²) in [6.07, 6.45) is 1.90. The van der Waals surface area contributed by atoms with E-state index < -0.39 is 17.0 Å². The van der Waals surface area contributed by atoms with Gasteiger partial charge in [-0.2, -0.15) is 4.98 Å². The minimum Gasteiger partial charge on any atom is -0.347 e. The van der Waals surface area contributed by atoms with Crippen LogP contribution in [0.4, 0.5) is 16.2 Å². The van der Waals surface area contributed by atoms with Gasteiger partial charge in [-0.25, -0.2) is 9.78 Å². The van der Waals surface area contributed by atoms with Crippen molar-refractivity contribution in [3.63, 3.8) is 0 Å². The van der Waals surface area contributed by atoms with Gasteiger partial charge in [0.15, 0.2) is 5.78 Å². The molecule has 0 radical (unpaired) electrons. The van der Waals surface area contributed by atoms with Crippen molar-refractivity contribution in [3.8, 4) is 11.4 Å². The number of nitro groups is 1. The van der Waals surface area contributed by atoms with Crippen LogP contribution in [-0.4, -0.2) is 41.7 Å². The molecule has 2 aromatic carbocycles. The van der Waals surface area contributed by atoms with Crippen LogP contribution in [0, 0.1) is 10.1 Å². The number of nitrogens with one attached hydrogen (secondary N) is 2. The van der Waals surface area contributed by atoms with Crippen LogP contribution in [-0.2, 0) is 13.0 Å². The zero-order valence-electron chi connectivity index (χ0n) is 18.5. The Kier molecular flexibility index (Phi) is 5.53. The number of non-ortho nitro benzene ring substituents is 1. The first-order valence-electron chi connectivity index (χ1n) is 10.7. The van der Waals surface area contributed by atoms with Crippen molar-refractivity contribution in [1.82, 2.24) is 25.0 Å². The number of aromatic nitrogens is 4. The molecule has 0 bridgehead atoms. The lowest BCUT2D eigenvalue weighted by atomic mass is 10.0. The highest BCUT2D eigenvalue weighted by molar-refractivity contribution is 5.95. The third-order valence-corrected chi connectivity index (χ3v) is 5.74. The topological polar surface area (TPSA) is 160 Å². The van der Waals surface area contributed by atoms with Gasteiger partial charge in [0.25, 0.3) is 5.69 Å². The fourth-order valence-corrected chi connectivity index (χ4v) is 3.90. The molecule has 1 aliphatic rings.